The van der Waals surface area contributed by atoms with Gasteiger partial charge in [-0.05, 0) is 0 Å². The van der Waals surface area contributed by atoms with Crippen molar-refractivity contribution in [2.45, 2.75) is 0 Å². The van der Waals surface area contributed by atoms with E-state index in [0.717, 1.165) is 0 Å². The third-order valence-corrected chi connectivity index (χ3v) is 0.552. The Morgan fingerprint density at radius 1 is 1.09 bits per heavy atom. The van der Waals surface area contributed by atoms with Crippen LogP contribution in [0.3, 0.4) is 0 Å². The van der Waals surface area contributed by atoms with Gasteiger partial charge >= 0.3 is 11.9 Å². The van der Waals surface area contributed by atoms with E-state index < -0.39 is 11.9 Å². The molecule has 0 fully saturated rings. The number of hydrogen-bond donors (Lipinski definition) is 3. The SMILES string of the molecule is O.O=C(O)CNCC(=O)O.[Na]. The first-order chi connectivity index (χ1) is 4.13. The maximum atomic E-state index is 9.73. The van der Waals surface area contributed by atoms with Gasteiger partial charge in [-0.15, -0.1) is 0 Å². The van der Waals surface area contributed by atoms with Crippen molar-refractivity contribution in [2.24, 2.45) is 0 Å². The Labute approximate surface area is 85.2 Å². The molecule has 0 aromatic carbocycles. The molecule has 0 unspecified atom stereocenters. The summed E-state index contributed by atoms with van der Waals surface area (Å²) in [5, 5.41) is 18.1. The molecule has 0 aliphatic heterocycles. The zero-order valence-electron chi connectivity index (χ0n) is 6.13. The van der Waals surface area contributed by atoms with Crippen LogP contribution in [0.4, 0.5) is 0 Å². The average Bonchev–Trinajstić information content (AvgIpc) is 1.63. The molecule has 61 valence electrons. The fourth-order valence-corrected chi connectivity index (χ4v) is 0.276. The van der Waals surface area contributed by atoms with E-state index in [9.17, 15) is 9.59 Å². The van der Waals surface area contributed by atoms with Gasteiger partial charge in [-0.1, -0.05) is 0 Å². The van der Waals surface area contributed by atoms with Crippen LogP contribution in [0.5, 0.6) is 0 Å². The Balaban J connectivity index is -0.000000320. The molecular formula is C4H9NNaO5. The van der Waals surface area contributed by atoms with Crippen LogP contribution in [-0.2, 0) is 9.59 Å². The van der Waals surface area contributed by atoms with E-state index >= 15 is 0 Å². The maximum Gasteiger partial charge on any atom is 0.317 e. The van der Waals surface area contributed by atoms with Gasteiger partial charge in [-0.2, -0.15) is 0 Å². The minimum atomic E-state index is -1.06. The van der Waals surface area contributed by atoms with Gasteiger partial charge in [-0.25, -0.2) is 0 Å². The van der Waals surface area contributed by atoms with E-state index in [2.05, 4.69) is 5.32 Å². The monoisotopic (exact) mass is 174 g/mol. The molecule has 0 aromatic rings. The van der Waals surface area contributed by atoms with Crippen molar-refractivity contribution in [2.75, 3.05) is 13.1 Å². The second-order valence-electron chi connectivity index (χ2n) is 1.39. The van der Waals surface area contributed by atoms with Crippen LogP contribution in [0, 0.1) is 0 Å². The molecule has 7 heteroatoms. The molecule has 0 saturated carbocycles. The van der Waals surface area contributed by atoms with Crippen molar-refractivity contribution >= 4 is 41.5 Å². The zero-order chi connectivity index (χ0) is 7.28. The minimum Gasteiger partial charge on any atom is -0.480 e. The first-order valence-corrected chi connectivity index (χ1v) is 2.27. The summed E-state index contributed by atoms with van der Waals surface area (Å²) in [5.41, 5.74) is 0. The number of carboxylic acids is 2. The summed E-state index contributed by atoms with van der Waals surface area (Å²) in [6.07, 6.45) is 0. The first kappa shape index (κ1) is 17.1. The predicted octanol–water partition coefficient (Wildman–Crippen LogP) is -2.46. The summed E-state index contributed by atoms with van der Waals surface area (Å²) in [5.74, 6) is -2.12. The third kappa shape index (κ3) is 17.7. The Kier molecular flexibility index (Phi) is 15.3. The average molecular weight is 174 g/mol. The van der Waals surface area contributed by atoms with Crippen LogP contribution >= 0.6 is 0 Å². The summed E-state index contributed by atoms with van der Waals surface area (Å²) in [4.78, 5) is 19.5. The molecule has 0 amide bonds. The van der Waals surface area contributed by atoms with Gasteiger partial charge in [0.2, 0.25) is 0 Å². The number of nitrogens with one attached hydrogen (secondary N) is 1. The zero-order valence-corrected chi connectivity index (χ0v) is 8.13. The molecule has 0 saturated heterocycles. The quantitative estimate of drug-likeness (QED) is 0.408. The van der Waals surface area contributed by atoms with Gasteiger partial charge in [0.15, 0.2) is 0 Å². The van der Waals surface area contributed by atoms with Gasteiger partial charge in [0.1, 0.15) is 0 Å². The van der Waals surface area contributed by atoms with E-state index in [-0.39, 0.29) is 48.1 Å². The second-order valence-corrected chi connectivity index (χ2v) is 1.39. The summed E-state index contributed by atoms with van der Waals surface area (Å²) >= 11 is 0. The first-order valence-electron chi connectivity index (χ1n) is 2.27. The van der Waals surface area contributed by atoms with Crippen molar-refractivity contribution in [3.05, 3.63) is 0 Å². The molecule has 0 atom stereocenters. The minimum absolute atomic E-state index is 0. The number of carboxylic acid groups (broad SMARTS) is 2. The van der Waals surface area contributed by atoms with E-state index in [0.29, 0.717) is 0 Å². The topological polar surface area (TPSA) is 118 Å². The second kappa shape index (κ2) is 9.86. The van der Waals surface area contributed by atoms with Crippen molar-refractivity contribution in [1.29, 1.82) is 0 Å². The number of aliphatic carboxylic acids is 2. The van der Waals surface area contributed by atoms with Crippen LogP contribution < -0.4 is 5.32 Å². The number of hydrogen-bond acceptors (Lipinski definition) is 3. The maximum absolute atomic E-state index is 9.73. The van der Waals surface area contributed by atoms with Gasteiger partial charge in [0, 0.05) is 29.6 Å². The summed E-state index contributed by atoms with van der Waals surface area (Å²) in [6.45, 7) is -0.626. The fraction of sp³-hybridized carbons (Fsp3) is 0.500. The number of carbonyl (C=O) groups is 2. The third-order valence-electron chi connectivity index (χ3n) is 0.552. The number of rotatable bonds is 4. The van der Waals surface area contributed by atoms with Crippen LogP contribution in [0.15, 0.2) is 0 Å². The molecule has 0 heterocycles. The molecule has 0 bridgehead atoms. The molecule has 0 aliphatic rings. The molecular weight excluding hydrogens is 165 g/mol. The molecule has 5 N–H and O–H groups in total. The van der Waals surface area contributed by atoms with Crippen LogP contribution in [0.1, 0.15) is 0 Å². The molecule has 0 rings (SSSR count). The molecule has 6 nitrogen and oxygen atoms in total. The summed E-state index contributed by atoms with van der Waals surface area (Å²) in [7, 11) is 0. The Morgan fingerprint density at radius 2 is 1.36 bits per heavy atom. The fourth-order valence-electron chi connectivity index (χ4n) is 0.276. The van der Waals surface area contributed by atoms with Crippen LogP contribution in [-0.4, -0.2) is 70.3 Å². The van der Waals surface area contributed by atoms with Crippen molar-refractivity contribution in [3.8, 4) is 0 Å². The van der Waals surface area contributed by atoms with Gasteiger partial charge in [-0.3, -0.25) is 14.9 Å². The van der Waals surface area contributed by atoms with Crippen molar-refractivity contribution in [3.63, 3.8) is 0 Å². The molecule has 0 spiro atoms. The largest absolute Gasteiger partial charge is 0.480 e. The Bertz CT molecular complexity index is 114. The Morgan fingerprint density at radius 3 is 1.55 bits per heavy atom. The van der Waals surface area contributed by atoms with Gasteiger partial charge < -0.3 is 15.7 Å². The summed E-state index contributed by atoms with van der Waals surface area (Å²) < 4.78 is 0. The van der Waals surface area contributed by atoms with Crippen LogP contribution in [0.25, 0.3) is 0 Å². The Hall–Kier alpha value is -0.140. The van der Waals surface area contributed by atoms with Crippen molar-refractivity contribution in [1.82, 2.24) is 5.32 Å². The molecule has 1 radical (unpaired) electrons. The summed E-state index contributed by atoms with van der Waals surface area (Å²) in [6, 6.07) is 0. The standard InChI is InChI=1S/C4H7NO4.Na.H2O/c6-3(7)1-5-2-4(8)9;;/h5H,1-2H2,(H,6,7)(H,8,9);;1H2. The normalized spacial score (nSPS) is 7.27. The van der Waals surface area contributed by atoms with E-state index in [1.165, 1.54) is 0 Å². The van der Waals surface area contributed by atoms with Crippen LogP contribution in [0.2, 0.25) is 0 Å². The van der Waals surface area contributed by atoms with E-state index in [1.807, 2.05) is 0 Å². The van der Waals surface area contributed by atoms with E-state index in [4.69, 9.17) is 10.2 Å². The molecule has 0 aliphatic carbocycles. The smallest absolute Gasteiger partial charge is 0.317 e. The van der Waals surface area contributed by atoms with Gasteiger partial charge in [0.05, 0.1) is 13.1 Å². The predicted molar refractivity (Wildman–Crippen MR) is 37.5 cm³/mol. The molecule has 0 aromatic heterocycles. The van der Waals surface area contributed by atoms with Crippen molar-refractivity contribution < 1.29 is 25.3 Å². The molecule has 11 heavy (non-hydrogen) atoms. The van der Waals surface area contributed by atoms with Gasteiger partial charge in [0.25, 0.3) is 0 Å². The van der Waals surface area contributed by atoms with E-state index in [1.54, 1.807) is 0 Å².